The number of ether oxygens (including phenoxy) is 1. The molecule has 1 spiro atoms. The molecule has 5 aliphatic rings. The van der Waals surface area contributed by atoms with Crippen molar-refractivity contribution in [1.82, 2.24) is 0 Å². The number of nitrogens with zero attached hydrogens (tertiary/aromatic N) is 1. The van der Waals surface area contributed by atoms with Crippen molar-refractivity contribution in [3.05, 3.63) is 205 Å². The Balaban J connectivity index is 0.860. The minimum Gasteiger partial charge on any atom is -0.485 e. The standard InChI is InChI=1S/C55H43NO/c1-2-8-37(9-3-1)39-19-25-44(26-20-39)56(46-29-31-50-49-11-5-7-13-53(49)57-54(50)34-46)45-27-21-40(22-28-45)38-15-17-41(18-16-38)42-23-30-48-47-10-4-6-12-51(47)55(52(48)33-42)35-36-14-24-43(55)32-36/h1-13,15-23,25-31,33-34,36,43,49,53H,14,24,32,35H2. The largest absolute Gasteiger partial charge is 0.485 e. The van der Waals surface area contributed by atoms with Crippen molar-refractivity contribution in [2.75, 3.05) is 4.90 Å². The first kappa shape index (κ1) is 32.8. The number of allylic oxidation sites excluding steroid dienone is 2. The van der Waals surface area contributed by atoms with E-state index in [0.717, 1.165) is 34.6 Å². The van der Waals surface area contributed by atoms with E-state index in [9.17, 15) is 0 Å². The fourth-order valence-electron chi connectivity index (χ4n) is 11.3. The minimum atomic E-state index is 0.0587. The summed E-state index contributed by atoms with van der Waals surface area (Å²) in [5.41, 5.74) is 18.3. The van der Waals surface area contributed by atoms with Gasteiger partial charge < -0.3 is 9.64 Å². The molecule has 2 nitrogen and oxygen atoms in total. The second-order valence-corrected chi connectivity index (χ2v) is 16.8. The molecule has 2 fully saturated rings. The van der Waals surface area contributed by atoms with E-state index in [1.165, 1.54) is 75.8 Å². The Kier molecular flexibility index (Phi) is 7.39. The second kappa shape index (κ2) is 12.8. The lowest BCUT2D eigenvalue weighted by Crippen LogP contribution is -2.31. The quantitative estimate of drug-likeness (QED) is 0.169. The molecule has 0 aromatic heterocycles. The number of hydrogen-bond donors (Lipinski definition) is 0. The van der Waals surface area contributed by atoms with Gasteiger partial charge >= 0.3 is 0 Å². The molecule has 274 valence electrons. The number of hydrogen-bond acceptors (Lipinski definition) is 2. The third-order valence-electron chi connectivity index (χ3n) is 13.9. The highest BCUT2D eigenvalue weighted by Gasteiger charge is 2.56. The lowest BCUT2D eigenvalue weighted by Gasteiger charge is -2.36. The molecule has 7 aromatic rings. The van der Waals surface area contributed by atoms with Crippen LogP contribution in [0.3, 0.4) is 0 Å². The molecule has 57 heavy (non-hydrogen) atoms. The Morgan fingerprint density at radius 2 is 1.09 bits per heavy atom. The summed E-state index contributed by atoms with van der Waals surface area (Å²) in [6.45, 7) is 0. The van der Waals surface area contributed by atoms with Crippen LogP contribution in [0.5, 0.6) is 5.75 Å². The number of anilines is 3. The van der Waals surface area contributed by atoms with Crippen LogP contribution >= 0.6 is 0 Å². The third-order valence-corrected chi connectivity index (χ3v) is 13.9. The van der Waals surface area contributed by atoms with Gasteiger partial charge in [0.05, 0.1) is 0 Å². The van der Waals surface area contributed by atoms with E-state index in [4.69, 9.17) is 4.74 Å². The first-order chi connectivity index (χ1) is 28.2. The van der Waals surface area contributed by atoms with Crippen LogP contribution in [0.15, 0.2) is 188 Å². The highest BCUT2D eigenvalue weighted by Crippen LogP contribution is 2.65. The zero-order valence-electron chi connectivity index (χ0n) is 31.9. The summed E-state index contributed by atoms with van der Waals surface area (Å²) in [5, 5.41) is 0. The van der Waals surface area contributed by atoms with Crippen LogP contribution in [0, 0.1) is 11.8 Å². The fraction of sp³-hybridized carbons (Fsp3) is 0.164. The van der Waals surface area contributed by atoms with E-state index in [1.54, 1.807) is 11.1 Å². The number of benzene rings is 7. The zero-order chi connectivity index (χ0) is 37.5. The summed E-state index contributed by atoms with van der Waals surface area (Å²) in [5.74, 6) is 2.87. The molecule has 2 heteroatoms. The molecule has 12 rings (SSSR count). The van der Waals surface area contributed by atoms with E-state index < -0.39 is 0 Å². The highest BCUT2D eigenvalue weighted by atomic mass is 16.5. The first-order valence-electron chi connectivity index (χ1n) is 20.8. The van der Waals surface area contributed by atoms with Gasteiger partial charge in [-0.3, -0.25) is 0 Å². The molecule has 4 aliphatic carbocycles. The Morgan fingerprint density at radius 3 is 1.79 bits per heavy atom. The van der Waals surface area contributed by atoms with E-state index in [-0.39, 0.29) is 17.4 Å². The van der Waals surface area contributed by atoms with Gasteiger partial charge in [0.1, 0.15) is 11.9 Å². The van der Waals surface area contributed by atoms with Crippen LogP contribution in [0.25, 0.3) is 44.5 Å². The predicted molar refractivity (Wildman–Crippen MR) is 235 cm³/mol. The van der Waals surface area contributed by atoms with Gasteiger partial charge in [-0.25, -0.2) is 0 Å². The third kappa shape index (κ3) is 5.16. The molecule has 5 atom stereocenters. The maximum Gasteiger partial charge on any atom is 0.128 e. The summed E-state index contributed by atoms with van der Waals surface area (Å²) in [6, 6.07) is 61.0. The monoisotopic (exact) mass is 733 g/mol. The Labute approximate surface area is 335 Å². The van der Waals surface area contributed by atoms with Gasteiger partial charge in [0.25, 0.3) is 0 Å². The van der Waals surface area contributed by atoms with Gasteiger partial charge in [-0.15, -0.1) is 0 Å². The van der Waals surface area contributed by atoms with Crippen molar-refractivity contribution in [1.29, 1.82) is 0 Å². The summed E-state index contributed by atoms with van der Waals surface area (Å²) in [6.07, 6.45) is 14.2. The molecule has 2 saturated carbocycles. The molecule has 0 N–H and O–H groups in total. The van der Waals surface area contributed by atoms with Gasteiger partial charge in [0, 0.05) is 40.0 Å². The smallest absolute Gasteiger partial charge is 0.128 e. The van der Waals surface area contributed by atoms with Crippen LogP contribution in [-0.2, 0) is 5.41 Å². The summed E-state index contributed by atoms with van der Waals surface area (Å²) < 4.78 is 6.48. The summed E-state index contributed by atoms with van der Waals surface area (Å²) >= 11 is 0. The molecule has 0 saturated heterocycles. The molecule has 1 aliphatic heterocycles. The molecule has 7 aromatic carbocycles. The minimum absolute atomic E-state index is 0.0587. The molecule has 0 amide bonds. The fourth-order valence-corrected chi connectivity index (χ4v) is 11.3. The number of fused-ring (bicyclic) bond motifs is 11. The molecule has 0 radical (unpaired) electrons. The Hall–Kier alpha value is -6.38. The van der Waals surface area contributed by atoms with E-state index in [2.05, 4.69) is 193 Å². The van der Waals surface area contributed by atoms with Crippen molar-refractivity contribution in [3.8, 4) is 50.3 Å². The predicted octanol–water partition coefficient (Wildman–Crippen LogP) is 14.2. The van der Waals surface area contributed by atoms with Crippen LogP contribution < -0.4 is 9.64 Å². The molecular formula is C55H43NO. The average molecular weight is 734 g/mol. The topological polar surface area (TPSA) is 12.5 Å². The zero-order valence-corrected chi connectivity index (χ0v) is 31.9. The maximum absolute atomic E-state index is 6.48. The van der Waals surface area contributed by atoms with Crippen molar-refractivity contribution in [2.45, 2.75) is 43.1 Å². The SMILES string of the molecule is C1=CC2Oc3cc(N(c4ccc(-c5ccccc5)cc4)c4ccc(-c5ccc(-c6ccc7c(c6)C6(CC8CCC6C8)c6ccccc6-7)cc5)cc4)ccc3C2C=C1. The molecule has 2 bridgehead atoms. The van der Waals surface area contributed by atoms with Gasteiger partial charge in [-0.2, -0.15) is 0 Å². The molecular weight excluding hydrogens is 691 g/mol. The van der Waals surface area contributed by atoms with E-state index in [0.29, 0.717) is 0 Å². The normalized spacial score (nSPS) is 22.9. The van der Waals surface area contributed by atoms with Crippen molar-refractivity contribution >= 4 is 17.1 Å². The average Bonchev–Trinajstić information content (AvgIpc) is 4.06. The molecule has 5 unspecified atom stereocenters. The summed E-state index contributed by atoms with van der Waals surface area (Å²) in [4.78, 5) is 2.34. The van der Waals surface area contributed by atoms with E-state index in [1.807, 2.05) is 0 Å². The van der Waals surface area contributed by atoms with Crippen LogP contribution in [0.4, 0.5) is 17.1 Å². The van der Waals surface area contributed by atoms with Gasteiger partial charge in [-0.1, -0.05) is 146 Å². The van der Waals surface area contributed by atoms with Gasteiger partial charge in [0.2, 0.25) is 0 Å². The van der Waals surface area contributed by atoms with Crippen molar-refractivity contribution in [3.63, 3.8) is 0 Å². The Bertz CT molecular complexity index is 2720. The van der Waals surface area contributed by atoms with Crippen LogP contribution in [-0.4, -0.2) is 6.10 Å². The summed E-state index contributed by atoms with van der Waals surface area (Å²) in [7, 11) is 0. The number of rotatable bonds is 6. The second-order valence-electron chi connectivity index (χ2n) is 16.8. The highest BCUT2D eigenvalue weighted by molar-refractivity contribution is 5.85. The lowest BCUT2D eigenvalue weighted by molar-refractivity contribution is 0.269. The van der Waals surface area contributed by atoms with Gasteiger partial charge in [0.15, 0.2) is 0 Å². The lowest BCUT2D eigenvalue weighted by atomic mass is 9.66. The van der Waals surface area contributed by atoms with E-state index >= 15 is 0 Å². The molecule has 1 heterocycles. The van der Waals surface area contributed by atoms with Crippen molar-refractivity contribution in [2.24, 2.45) is 11.8 Å². The maximum atomic E-state index is 6.48. The van der Waals surface area contributed by atoms with Crippen LogP contribution in [0.1, 0.15) is 48.3 Å². The van der Waals surface area contributed by atoms with Crippen LogP contribution in [0.2, 0.25) is 0 Å². The Morgan fingerprint density at radius 1 is 0.491 bits per heavy atom. The van der Waals surface area contributed by atoms with Crippen molar-refractivity contribution < 1.29 is 4.74 Å². The first-order valence-corrected chi connectivity index (χ1v) is 20.8. The van der Waals surface area contributed by atoms with Gasteiger partial charge in [-0.05, 0) is 129 Å².